The number of carbonyl (C=O) groups excluding carboxylic acids is 1. The third kappa shape index (κ3) is 2.49. The lowest BCUT2D eigenvalue weighted by atomic mass is 10.2. The number of aryl methyl sites for hydroxylation is 1. The Morgan fingerprint density at radius 1 is 1.58 bits per heavy atom. The molecule has 1 saturated carbocycles. The Balaban J connectivity index is 1.67. The van der Waals surface area contributed by atoms with E-state index in [9.17, 15) is 4.79 Å². The van der Waals surface area contributed by atoms with Crippen molar-refractivity contribution in [1.82, 2.24) is 25.2 Å². The Bertz CT molecular complexity index is 599. The second kappa shape index (κ2) is 4.49. The molecule has 3 rings (SSSR count). The van der Waals surface area contributed by atoms with E-state index in [2.05, 4.69) is 20.3 Å². The van der Waals surface area contributed by atoms with Gasteiger partial charge in [-0.1, -0.05) is 5.16 Å². The molecule has 1 fully saturated rings. The number of H-pyrrole nitrogens is 1. The van der Waals surface area contributed by atoms with Crippen LogP contribution < -0.4 is 0 Å². The molecule has 0 aromatic carbocycles. The first-order chi connectivity index (χ1) is 9.13. The molecule has 2 aromatic rings. The van der Waals surface area contributed by atoms with Gasteiger partial charge in [-0.05, 0) is 19.8 Å². The van der Waals surface area contributed by atoms with Gasteiger partial charge in [0.25, 0.3) is 5.91 Å². The summed E-state index contributed by atoms with van der Waals surface area (Å²) in [5, 5.41) is 10.6. The van der Waals surface area contributed by atoms with Crippen molar-refractivity contribution in [3.63, 3.8) is 0 Å². The summed E-state index contributed by atoms with van der Waals surface area (Å²) in [5.74, 6) is 2.39. The van der Waals surface area contributed by atoms with Crippen LogP contribution in [-0.4, -0.2) is 38.2 Å². The average Bonchev–Trinajstić information content (AvgIpc) is 2.98. The lowest BCUT2D eigenvalue weighted by Crippen LogP contribution is -2.27. The Morgan fingerprint density at radius 3 is 3.00 bits per heavy atom. The number of amides is 1. The van der Waals surface area contributed by atoms with Crippen LogP contribution in [0.15, 0.2) is 10.6 Å². The maximum Gasteiger partial charge on any atom is 0.276 e. The predicted molar refractivity (Wildman–Crippen MR) is 65.4 cm³/mol. The van der Waals surface area contributed by atoms with Gasteiger partial charge >= 0.3 is 0 Å². The molecule has 0 radical (unpaired) electrons. The van der Waals surface area contributed by atoms with Crippen molar-refractivity contribution in [2.24, 2.45) is 0 Å². The molecule has 0 spiro atoms. The van der Waals surface area contributed by atoms with Crippen molar-refractivity contribution in [1.29, 1.82) is 0 Å². The van der Waals surface area contributed by atoms with E-state index in [0.29, 0.717) is 24.0 Å². The minimum absolute atomic E-state index is 0.182. The Kier molecular flexibility index (Phi) is 2.81. The number of hydrogen-bond acceptors (Lipinski definition) is 5. The molecule has 1 aliphatic carbocycles. The average molecular weight is 261 g/mol. The van der Waals surface area contributed by atoms with E-state index < -0.39 is 0 Å². The molecule has 0 saturated heterocycles. The number of rotatable bonds is 4. The van der Waals surface area contributed by atoms with Crippen LogP contribution in [0.1, 0.15) is 46.7 Å². The molecule has 2 heterocycles. The summed E-state index contributed by atoms with van der Waals surface area (Å²) in [6, 6.07) is 1.74. The summed E-state index contributed by atoms with van der Waals surface area (Å²) < 4.78 is 5.18. The fraction of sp³-hybridized carbons (Fsp3) is 0.500. The topological polar surface area (TPSA) is 87.9 Å². The van der Waals surface area contributed by atoms with E-state index in [1.807, 2.05) is 6.92 Å². The Labute approximate surface area is 110 Å². The first-order valence-corrected chi connectivity index (χ1v) is 6.23. The zero-order valence-corrected chi connectivity index (χ0v) is 10.9. The molecule has 7 nitrogen and oxygen atoms in total. The van der Waals surface area contributed by atoms with Crippen LogP contribution in [0, 0.1) is 6.92 Å². The van der Waals surface area contributed by atoms with Gasteiger partial charge < -0.3 is 9.42 Å². The maximum atomic E-state index is 12.1. The second-order valence-electron chi connectivity index (χ2n) is 4.89. The molecule has 19 heavy (non-hydrogen) atoms. The highest BCUT2D eigenvalue weighted by Crippen LogP contribution is 2.40. The predicted octanol–water partition coefficient (Wildman–Crippen LogP) is 1.25. The fourth-order valence-corrected chi connectivity index (χ4v) is 1.89. The number of aromatic amines is 1. The van der Waals surface area contributed by atoms with Gasteiger partial charge in [-0.15, -0.1) is 0 Å². The molecule has 0 aliphatic heterocycles. The van der Waals surface area contributed by atoms with Gasteiger partial charge in [-0.3, -0.25) is 9.89 Å². The second-order valence-corrected chi connectivity index (χ2v) is 4.89. The fourth-order valence-electron chi connectivity index (χ4n) is 1.89. The highest BCUT2D eigenvalue weighted by atomic mass is 16.5. The van der Waals surface area contributed by atoms with Gasteiger partial charge in [-0.2, -0.15) is 5.10 Å². The highest BCUT2D eigenvalue weighted by molar-refractivity contribution is 5.92. The van der Waals surface area contributed by atoms with Crippen molar-refractivity contribution in [3.05, 3.63) is 29.2 Å². The van der Waals surface area contributed by atoms with Crippen molar-refractivity contribution in [2.45, 2.75) is 32.2 Å². The SMILES string of the molecule is Cc1nc(CN(C)C(=O)c2cc(C3CC3)on2)n[nH]1. The van der Waals surface area contributed by atoms with Crippen LogP contribution in [0.3, 0.4) is 0 Å². The number of carbonyl (C=O) groups is 1. The van der Waals surface area contributed by atoms with E-state index in [1.54, 1.807) is 13.1 Å². The summed E-state index contributed by atoms with van der Waals surface area (Å²) in [7, 11) is 1.69. The maximum absolute atomic E-state index is 12.1. The molecule has 1 aliphatic rings. The summed E-state index contributed by atoms with van der Waals surface area (Å²) in [5.41, 5.74) is 0.344. The quantitative estimate of drug-likeness (QED) is 0.894. The van der Waals surface area contributed by atoms with Crippen molar-refractivity contribution in [3.8, 4) is 0 Å². The van der Waals surface area contributed by atoms with Gasteiger partial charge in [0.1, 0.15) is 11.6 Å². The number of aromatic nitrogens is 4. The molecule has 0 atom stereocenters. The highest BCUT2D eigenvalue weighted by Gasteiger charge is 2.29. The van der Waals surface area contributed by atoms with Gasteiger partial charge in [0.05, 0.1) is 6.54 Å². The summed E-state index contributed by atoms with van der Waals surface area (Å²) in [6.07, 6.45) is 2.24. The number of nitrogens with one attached hydrogen (secondary N) is 1. The smallest absolute Gasteiger partial charge is 0.276 e. The van der Waals surface area contributed by atoms with Crippen molar-refractivity contribution in [2.75, 3.05) is 7.05 Å². The summed E-state index contributed by atoms with van der Waals surface area (Å²) in [4.78, 5) is 17.8. The minimum Gasteiger partial charge on any atom is -0.360 e. The van der Waals surface area contributed by atoms with Crippen LogP contribution in [-0.2, 0) is 6.54 Å². The minimum atomic E-state index is -0.182. The number of hydrogen-bond donors (Lipinski definition) is 1. The molecule has 100 valence electrons. The lowest BCUT2D eigenvalue weighted by molar-refractivity contribution is 0.0771. The molecule has 0 bridgehead atoms. The molecule has 1 amide bonds. The van der Waals surface area contributed by atoms with Crippen molar-refractivity contribution >= 4 is 5.91 Å². The van der Waals surface area contributed by atoms with Crippen LogP contribution >= 0.6 is 0 Å². The van der Waals surface area contributed by atoms with Crippen LogP contribution in [0.2, 0.25) is 0 Å². The van der Waals surface area contributed by atoms with E-state index >= 15 is 0 Å². The van der Waals surface area contributed by atoms with Gasteiger partial charge in [0.2, 0.25) is 0 Å². The summed E-state index contributed by atoms with van der Waals surface area (Å²) in [6.45, 7) is 2.16. The molecular weight excluding hydrogens is 246 g/mol. The normalized spacial score (nSPS) is 14.6. The van der Waals surface area contributed by atoms with Crippen molar-refractivity contribution < 1.29 is 9.32 Å². The Morgan fingerprint density at radius 2 is 2.37 bits per heavy atom. The van der Waals surface area contributed by atoms with Crippen LogP contribution in [0.25, 0.3) is 0 Å². The van der Waals surface area contributed by atoms with E-state index in [0.717, 1.165) is 24.4 Å². The first kappa shape index (κ1) is 11.9. The zero-order chi connectivity index (χ0) is 13.4. The monoisotopic (exact) mass is 261 g/mol. The van der Waals surface area contributed by atoms with E-state index in [1.165, 1.54) is 4.90 Å². The third-order valence-corrected chi connectivity index (χ3v) is 3.10. The zero-order valence-electron chi connectivity index (χ0n) is 10.9. The largest absolute Gasteiger partial charge is 0.360 e. The van der Waals surface area contributed by atoms with Gasteiger partial charge in [-0.25, -0.2) is 4.98 Å². The molecule has 7 heteroatoms. The van der Waals surface area contributed by atoms with E-state index in [4.69, 9.17) is 4.52 Å². The molecule has 0 unspecified atom stereocenters. The standard InChI is InChI=1S/C12H15N5O2/c1-7-13-11(15-14-7)6-17(2)12(18)9-5-10(19-16-9)8-3-4-8/h5,8H,3-4,6H2,1-2H3,(H,13,14,15). The van der Waals surface area contributed by atoms with Crippen LogP contribution in [0.5, 0.6) is 0 Å². The first-order valence-electron chi connectivity index (χ1n) is 6.23. The molecular formula is C12H15N5O2. The molecule has 2 aromatic heterocycles. The van der Waals surface area contributed by atoms with E-state index in [-0.39, 0.29) is 5.91 Å². The lowest BCUT2D eigenvalue weighted by Gasteiger charge is -2.12. The van der Waals surface area contributed by atoms with Gasteiger partial charge in [0.15, 0.2) is 11.5 Å². The molecule has 1 N–H and O–H groups in total. The third-order valence-electron chi connectivity index (χ3n) is 3.10. The summed E-state index contributed by atoms with van der Waals surface area (Å²) >= 11 is 0. The number of nitrogens with zero attached hydrogens (tertiary/aromatic N) is 4. The van der Waals surface area contributed by atoms with Crippen LogP contribution in [0.4, 0.5) is 0 Å². The Hall–Kier alpha value is -2.18. The van der Waals surface area contributed by atoms with Gasteiger partial charge in [0, 0.05) is 19.0 Å².